The van der Waals surface area contributed by atoms with Crippen molar-refractivity contribution in [3.63, 3.8) is 0 Å². The molecule has 8 nitrogen and oxygen atoms in total. The molecule has 2 N–H and O–H groups in total. The summed E-state index contributed by atoms with van der Waals surface area (Å²) in [5, 5.41) is 9.77. The molecule has 0 aliphatic carbocycles. The van der Waals surface area contributed by atoms with Gasteiger partial charge in [-0.25, -0.2) is 9.97 Å². The first-order valence-corrected chi connectivity index (χ1v) is 12.9. The van der Waals surface area contributed by atoms with Crippen LogP contribution in [-0.4, -0.2) is 62.7 Å². The molecule has 0 saturated carbocycles. The number of hydrogen-bond donors (Lipinski definition) is 2. The molecule has 5 rings (SSSR count). The van der Waals surface area contributed by atoms with Gasteiger partial charge in [0.25, 0.3) is 0 Å². The van der Waals surface area contributed by atoms with E-state index in [1.807, 2.05) is 18.3 Å². The van der Waals surface area contributed by atoms with Crippen LogP contribution in [0, 0.1) is 0 Å². The molecule has 1 atom stereocenters. The Hall–Kier alpha value is -2.52. The van der Waals surface area contributed by atoms with Crippen molar-refractivity contribution in [3.05, 3.63) is 34.4 Å². The summed E-state index contributed by atoms with van der Waals surface area (Å²) in [5.41, 5.74) is 1.15. The Morgan fingerprint density at radius 1 is 0.889 bits per heavy atom. The van der Waals surface area contributed by atoms with Crippen LogP contribution in [0.25, 0.3) is 22.0 Å². The number of fused-ring (bicyclic) bond motifs is 1. The van der Waals surface area contributed by atoms with Gasteiger partial charge in [-0.3, -0.25) is 0 Å². The van der Waals surface area contributed by atoms with E-state index >= 15 is 0 Å². The summed E-state index contributed by atoms with van der Waals surface area (Å²) in [6.45, 7) is 2.93. The molecule has 10 heteroatoms. The molecule has 2 saturated heterocycles. The summed E-state index contributed by atoms with van der Waals surface area (Å²) in [7, 11) is 3.11. The minimum atomic E-state index is 0.240. The first-order chi connectivity index (χ1) is 17.6. The number of ether oxygens (including phenoxy) is 4. The quantitative estimate of drug-likeness (QED) is 0.394. The molecule has 36 heavy (non-hydrogen) atoms. The van der Waals surface area contributed by atoms with Gasteiger partial charge >= 0.3 is 0 Å². The van der Waals surface area contributed by atoms with Gasteiger partial charge in [0.1, 0.15) is 23.1 Å². The monoisotopic (exact) mass is 532 g/mol. The Bertz CT molecular complexity index is 1200. The lowest BCUT2D eigenvalue weighted by Crippen LogP contribution is -2.30. The number of methoxy groups -OCH3 is 2. The zero-order valence-corrected chi connectivity index (χ0v) is 21.9. The molecule has 4 heterocycles. The standard InChI is InChI=1S/C26H30Cl2N4O4/c1-33-20-12-21(34-2)25(28)23(24(20)27)19-10-15-13-29-22(30-17-4-3-7-36-14-17)11-18(15)26(32-19)31-16-5-8-35-9-6-16/h10-13,16-17H,3-9,14H2,1-2H3,(H,29,30)(H,31,32). The smallest absolute Gasteiger partial charge is 0.141 e. The van der Waals surface area contributed by atoms with Crippen molar-refractivity contribution in [3.8, 4) is 22.8 Å². The lowest BCUT2D eigenvalue weighted by molar-refractivity contribution is 0.0875. The molecule has 2 aliphatic rings. The summed E-state index contributed by atoms with van der Waals surface area (Å²) in [6, 6.07) is 6.14. The van der Waals surface area contributed by atoms with Gasteiger partial charge < -0.3 is 29.6 Å². The van der Waals surface area contributed by atoms with Crippen molar-refractivity contribution < 1.29 is 18.9 Å². The Morgan fingerprint density at radius 3 is 2.31 bits per heavy atom. The SMILES string of the molecule is COc1cc(OC)c(Cl)c(-c2cc3cnc(NC4CCCOC4)cc3c(NC3CCOCC3)n2)c1Cl. The van der Waals surface area contributed by atoms with Crippen molar-refractivity contribution in [2.45, 2.75) is 37.8 Å². The first-order valence-electron chi connectivity index (χ1n) is 12.2. The molecule has 0 spiro atoms. The number of benzene rings is 1. The van der Waals surface area contributed by atoms with Gasteiger partial charge in [0.05, 0.1) is 42.6 Å². The van der Waals surface area contributed by atoms with Gasteiger partial charge in [-0.05, 0) is 37.8 Å². The summed E-state index contributed by atoms with van der Waals surface area (Å²) in [4.78, 5) is 9.69. The van der Waals surface area contributed by atoms with E-state index in [0.29, 0.717) is 39.4 Å². The zero-order chi connectivity index (χ0) is 25.1. The molecule has 3 aromatic rings. The van der Waals surface area contributed by atoms with Gasteiger partial charge in [0.15, 0.2) is 0 Å². The molecule has 0 radical (unpaired) electrons. The number of rotatable bonds is 7. The van der Waals surface area contributed by atoms with Crippen LogP contribution in [0.4, 0.5) is 11.6 Å². The van der Waals surface area contributed by atoms with Gasteiger partial charge in [-0.1, -0.05) is 23.2 Å². The molecular formula is C26H30Cl2N4O4. The summed E-state index contributed by atoms with van der Waals surface area (Å²) in [5.74, 6) is 2.46. The molecule has 0 bridgehead atoms. The maximum absolute atomic E-state index is 6.73. The molecule has 192 valence electrons. The highest BCUT2D eigenvalue weighted by Crippen LogP contribution is 2.46. The normalized spacial score (nSPS) is 18.7. The molecular weight excluding hydrogens is 503 g/mol. The van der Waals surface area contributed by atoms with Crippen LogP contribution in [0.1, 0.15) is 25.7 Å². The molecule has 2 aromatic heterocycles. The Kier molecular flexibility index (Phi) is 7.86. The van der Waals surface area contributed by atoms with E-state index < -0.39 is 0 Å². The van der Waals surface area contributed by atoms with Crippen LogP contribution in [0.3, 0.4) is 0 Å². The van der Waals surface area contributed by atoms with Crippen molar-refractivity contribution in [2.24, 2.45) is 0 Å². The van der Waals surface area contributed by atoms with Crippen molar-refractivity contribution in [2.75, 3.05) is 51.3 Å². The lowest BCUT2D eigenvalue weighted by atomic mass is 10.0. The minimum absolute atomic E-state index is 0.240. The van der Waals surface area contributed by atoms with E-state index in [9.17, 15) is 0 Å². The third-order valence-electron chi connectivity index (χ3n) is 6.62. The second-order valence-corrected chi connectivity index (χ2v) is 9.78. The predicted octanol–water partition coefficient (Wildman–Crippen LogP) is 5.80. The maximum atomic E-state index is 6.73. The molecule has 2 fully saturated rings. The van der Waals surface area contributed by atoms with E-state index in [1.54, 1.807) is 20.3 Å². The van der Waals surface area contributed by atoms with Crippen LogP contribution >= 0.6 is 23.2 Å². The maximum Gasteiger partial charge on any atom is 0.141 e. The van der Waals surface area contributed by atoms with Crippen LogP contribution in [0.15, 0.2) is 24.4 Å². The highest BCUT2D eigenvalue weighted by Gasteiger charge is 2.23. The average Bonchev–Trinajstić information content (AvgIpc) is 2.90. The largest absolute Gasteiger partial charge is 0.495 e. The zero-order valence-electron chi connectivity index (χ0n) is 20.4. The highest BCUT2D eigenvalue weighted by atomic mass is 35.5. The number of halogens is 2. The number of nitrogens with one attached hydrogen (secondary N) is 2. The van der Waals surface area contributed by atoms with Gasteiger partial charge in [-0.15, -0.1) is 0 Å². The number of anilines is 2. The molecule has 2 aliphatic heterocycles. The third-order valence-corrected chi connectivity index (χ3v) is 7.37. The van der Waals surface area contributed by atoms with Gasteiger partial charge in [0, 0.05) is 54.5 Å². The van der Waals surface area contributed by atoms with Crippen LogP contribution in [0.5, 0.6) is 11.5 Å². The Balaban J connectivity index is 1.61. The highest BCUT2D eigenvalue weighted by molar-refractivity contribution is 6.41. The van der Waals surface area contributed by atoms with E-state index in [1.165, 1.54) is 0 Å². The number of nitrogens with zero attached hydrogens (tertiary/aromatic N) is 2. The average molecular weight is 533 g/mol. The second kappa shape index (κ2) is 11.3. The van der Waals surface area contributed by atoms with Crippen molar-refractivity contribution in [1.82, 2.24) is 9.97 Å². The summed E-state index contributed by atoms with van der Waals surface area (Å²) < 4.78 is 22.1. The molecule has 0 amide bonds. The first kappa shape index (κ1) is 25.1. The molecule has 1 aromatic carbocycles. The summed E-state index contributed by atoms with van der Waals surface area (Å²) >= 11 is 13.5. The van der Waals surface area contributed by atoms with Gasteiger partial charge in [-0.2, -0.15) is 0 Å². The Labute approximate surface area is 220 Å². The number of aromatic nitrogens is 2. The van der Waals surface area contributed by atoms with Crippen molar-refractivity contribution >= 4 is 45.6 Å². The van der Waals surface area contributed by atoms with E-state index in [2.05, 4.69) is 15.6 Å². The topological polar surface area (TPSA) is 86.8 Å². The number of hydrogen-bond acceptors (Lipinski definition) is 8. The predicted molar refractivity (Wildman–Crippen MR) is 143 cm³/mol. The van der Waals surface area contributed by atoms with E-state index in [0.717, 1.165) is 67.9 Å². The molecule has 1 unspecified atom stereocenters. The van der Waals surface area contributed by atoms with E-state index in [-0.39, 0.29) is 12.1 Å². The van der Waals surface area contributed by atoms with E-state index in [4.69, 9.17) is 47.1 Å². The van der Waals surface area contributed by atoms with Crippen LogP contribution in [-0.2, 0) is 9.47 Å². The summed E-state index contributed by atoms with van der Waals surface area (Å²) in [6.07, 6.45) is 5.74. The fourth-order valence-corrected chi connectivity index (χ4v) is 5.37. The van der Waals surface area contributed by atoms with Crippen LogP contribution in [0.2, 0.25) is 10.0 Å². The Morgan fingerprint density at radius 2 is 1.64 bits per heavy atom. The van der Waals surface area contributed by atoms with Crippen LogP contribution < -0.4 is 20.1 Å². The van der Waals surface area contributed by atoms with Gasteiger partial charge in [0.2, 0.25) is 0 Å². The third kappa shape index (κ3) is 5.27. The lowest BCUT2D eigenvalue weighted by Gasteiger charge is -2.25. The minimum Gasteiger partial charge on any atom is -0.495 e. The fourth-order valence-electron chi connectivity index (χ4n) is 4.67. The number of pyridine rings is 2. The fraction of sp³-hybridized carbons (Fsp3) is 0.462. The second-order valence-electron chi connectivity index (χ2n) is 9.02. The van der Waals surface area contributed by atoms with Crippen molar-refractivity contribution in [1.29, 1.82) is 0 Å².